The lowest BCUT2D eigenvalue weighted by molar-refractivity contribution is 0.0948. The molecule has 0 unspecified atom stereocenters. The number of nitrogens with one attached hydrogen (secondary N) is 1. The van der Waals surface area contributed by atoms with Crippen molar-refractivity contribution in [2.24, 2.45) is 0 Å². The van der Waals surface area contributed by atoms with Gasteiger partial charge in [-0.1, -0.05) is 18.3 Å². The van der Waals surface area contributed by atoms with Crippen LogP contribution in [0.5, 0.6) is 0 Å². The van der Waals surface area contributed by atoms with Gasteiger partial charge in [-0.25, -0.2) is 4.98 Å². The molecule has 0 radical (unpaired) electrons. The van der Waals surface area contributed by atoms with E-state index < -0.39 is 0 Å². The van der Waals surface area contributed by atoms with Crippen molar-refractivity contribution in [2.45, 2.75) is 13.3 Å². The van der Waals surface area contributed by atoms with E-state index in [0.29, 0.717) is 12.1 Å². The first-order chi connectivity index (χ1) is 14.2. The molecule has 3 heterocycles. The third-order valence-corrected chi connectivity index (χ3v) is 6.85. The lowest BCUT2D eigenvalue weighted by Gasteiger charge is -2.33. The Labute approximate surface area is 176 Å². The van der Waals surface area contributed by atoms with Gasteiger partial charge in [0.2, 0.25) is 0 Å². The van der Waals surface area contributed by atoms with Crippen LogP contribution in [0.3, 0.4) is 0 Å². The molecule has 0 atom stereocenters. The van der Waals surface area contributed by atoms with Crippen LogP contribution >= 0.6 is 11.3 Å². The van der Waals surface area contributed by atoms with E-state index in [1.807, 2.05) is 18.2 Å². The molecule has 0 saturated carbocycles. The molecule has 2 saturated heterocycles. The Hall–Kier alpha value is -1.74. The summed E-state index contributed by atoms with van der Waals surface area (Å²) in [4.78, 5) is 24.5. The zero-order chi connectivity index (χ0) is 20.1. The van der Waals surface area contributed by atoms with Gasteiger partial charge in [0, 0.05) is 51.4 Å². The fourth-order valence-corrected chi connectivity index (χ4v) is 4.94. The molecule has 7 nitrogen and oxygen atoms in total. The maximum Gasteiger partial charge on any atom is 0.251 e. The number of piperazine rings is 1. The first-order valence-corrected chi connectivity index (χ1v) is 11.5. The molecule has 2 fully saturated rings. The molecule has 2 aliphatic rings. The molecule has 1 aromatic carbocycles. The number of carbonyl (C=O) groups is 1. The van der Waals surface area contributed by atoms with Crippen LogP contribution in [-0.2, 0) is 4.74 Å². The molecule has 0 aliphatic carbocycles. The van der Waals surface area contributed by atoms with Gasteiger partial charge in [0.25, 0.3) is 5.91 Å². The minimum atomic E-state index is 0.00373. The fraction of sp³-hybridized carbons (Fsp3) is 0.619. The number of morpholine rings is 1. The molecular weight excluding hydrogens is 386 g/mol. The summed E-state index contributed by atoms with van der Waals surface area (Å²) in [6, 6.07) is 5.80. The lowest BCUT2D eigenvalue weighted by atomic mass is 10.2. The molecule has 8 heteroatoms. The van der Waals surface area contributed by atoms with Crippen molar-refractivity contribution in [3.05, 3.63) is 23.8 Å². The van der Waals surface area contributed by atoms with Crippen LogP contribution in [0.1, 0.15) is 23.7 Å². The van der Waals surface area contributed by atoms with E-state index >= 15 is 0 Å². The summed E-state index contributed by atoms with van der Waals surface area (Å²) in [6.45, 7) is 13.0. The summed E-state index contributed by atoms with van der Waals surface area (Å²) in [5.41, 5.74) is 1.67. The van der Waals surface area contributed by atoms with E-state index in [4.69, 9.17) is 9.72 Å². The smallest absolute Gasteiger partial charge is 0.251 e. The number of aromatic nitrogens is 1. The Morgan fingerprint density at radius 2 is 1.90 bits per heavy atom. The van der Waals surface area contributed by atoms with Gasteiger partial charge in [0.05, 0.1) is 23.4 Å². The van der Waals surface area contributed by atoms with E-state index in [0.717, 1.165) is 87.3 Å². The molecule has 1 N–H and O–H groups in total. The highest BCUT2D eigenvalue weighted by Gasteiger charge is 2.17. The zero-order valence-electron chi connectivity index (χ0n) is 17.2. The van der Waals surface area contributed by atoms with Crippen molar-refractivity contribution >= 4 is 32.6 Å². The molecule has 1 amide bonds. The van der Waals surface area contributed by atoms with Crippen molar-refractivity contribution < 1.29 is 9.53 Å². The lowest BCUT2D eigenvalue weighted by Crippen LogP contribution is -2.46. The topological polar surface area (TPSA) is 60.9 Å². The van der Waals surface area contributed by atoms with E-state index in [1.165, 1.54) is 0 Å². The van der Waals surface area contributed by atoms with E-state index in [-0.39, 0.29) is 5.91 Å². The summed E-state index contributed by atoms with van der Waals surface area (Å²) in [6.07, 6.45) is 0.988. The average Bonchev–Trinajstić information content (AvgIpc) is 3.21. The molecule has 2 aliphatic heterocycles. The van der Waals surface area contributed by atoms with Crippen molar-refractivity contribution in [1.29, 1.82) is 0 Å². The van der Waals surface area contributed by atoms with Crippen LogP contribution in [0, 0.1) is 0 Å². The van der Waals surface area contributed by atoms with Crippen molar-refractivity contribution in [2.75, 3.05) is 77.0 Å². The summed E-state index contributed by atoms with van der Waals surface area (Å²) in [5, 5.41) is 4.09. The number of benzene rings is 1. The highest BCUT2D eigenvalue weighted by atomic mass is 32.1. The molecule has 2 aromatic rings. The second kappa shape index (κ2) is 9.84. The molecular formula is C21H31N5O2S. The standard InChI is InChI=1S/C21H31N5O2S/c1-2-24-8-10-25(11-9-24)7-3-6-22-20(27)17-4-5-18-19(16-17)29-21(23-18)26-12-14-28-15-13-26/h4-5,16H,2-3,6-15H2,1H3,(H,22,27). The number of thiazole rings is 1. The third kappa shape index (κ3) is 5.25. The summed E-state index contributed by atoms with van der Waals surface area (Å²) >= 11 is 1.65. The van der Waals surface area contributed by atoms with Gasteiger partial charge in [-0.05, 0) is 37.7 Å². The second-order valence-corrected chi connectivity index (χ2v) is 8.67. The number of anilines is 1. The zero-order valence-corrected chi connectivity index (χ0v) is 18.0. The Bertz CT molecular complexity index is 813. The number of ether oxygens (including phenoxy) is 1. The monoisotopic (exact) mass is 417 g/mol. The second-order valence-electron chi connectivity index (χ2n) is 7.66. The number of hydrogen-bond acceptors (Lipinski definition) is 7. The number of fused-ring (bicyclic) bond motifs is 1. The van der Waals surface area contributed by atoms with E-state index in [9.17, 15) is 4.79 Å². The molecule has 0 spiro atoms. The Morgan fingerprint density at radius 3 is 2.66 bits per heavy atom. The van der Waals surface area contributed by atoms with Crippen LogP contribution in [0.2, 0.25) is 0 Å². The first-order valence-electron chi connectivity index (χ1n) is 10.7. The van der Waals surface area contributed by atoms with Gasteiger partial charge in [0.15, 0.2) is 5.13 Å². The largest absolute Gasteiger partial charge is 0.378 e. The normalized spacial score (nSPS) is 19.0. The molecule has 0 bridgehead atoms. The van der Waals surface area contributed by atoms with Gasteiger partial charge >= 0.3 is 0 Å². The minimum absolute atomic E-state index is 0.00373. The van der Waals surface area contributed by atoms with Gasteiger partial charge < -0.3 is 24.8 Å². The quantitative estimate of drug-likeness (QED) is 0.695. The number of likely N-dealkylation sites (N-methyl/N-ethyl adjacent to an activating group) is 1. The fourth-order valence-electron chi connectivity index (χ4n) is 3.88. The number of amides is 1. The number of hydrogen-bond donors (Lipinski definition) is 1. The summed E-state index contributed by atoms with van der Waals surface area (Å²) in [7, 11) is 0. The third-order valence-electron chi connectivity index (χ3n) is 5.77. The molecule has 1 aromatic heterocycles. The molecule has 4 rings (SSSR count). The number of rotatable bonds is 7. The van der Waals surface area contributed by atoms with Crippen molar-refractivity contribution in [3.63, 3.8) is 0 Å². The number of nitrogens with zero attached hydrogens (tertiary/aromatic N) is 4. The van der Waals surface area contributed by atoms with Gasteiger partial charge in [-0.2, -0.15) is 0 Å². The molecule has 29 heavy (non-hydrogen) atoms. The number of carbonyl (C=O) groups excluding carboxylic acids is 1. The minimum Gasteiger partial charge on any atom is -0.378 e. The van der Waals surface area contributed by atoms with Crippen LogP contribution in [0.15, 0.2) is 18.2 Å². The highest BCUT2D eigenvalue weighted by Crippen LogP contribution is 2.30. The van der Waals surface area contributed by atoms with Crippen LogP contribution < -0.4 is 10.2 Å². The van der Waals surface area contributed by atoms with Gasteiger partial charge in [0.1, 0.15) is 0 Å². The predicted octanol–water partition coefficient (Wildman–Crippen LogP) is 1.89. The Kier molecular flexibility index (Phi) is 6.97. The highest BCUT2D eigenvalue weighted by molar-refractivity contribution is 7.22. The van der Waals surface area contributed by atoms with Gasteiger partial charge in [-0.3, -0.25) is 4.79 Å². The van der Waals surface area contributed by atoms with Crippen LogP contribution in [0.25, 0.3) is 10.2 Å². The van der Waals surface area contributed by atoms with Crippen LogP contribution in [-0.4, -0.2) is 92.8 Å². The maximum atomic E-state index is 12.6. The molecule has 158 valence electrons. The summed E-state index contributed by atoms with van der Waals surface area (Å²) < 4.78 is 6.48. The summed E-state index contributed by atoms with van der Waals surface area (Å²) in [5.74, 6) is 0.00373. The Balaban J connectivity index is 1.26. The van der Waals surface area contributed by atoms with Crippen LogP contribution in [0.4, 0.5) is 5.13 Å². The maximum absolute atomic E-state index is 12.6. The average molecular weight is 418 g/mol. The predicted molar refractivity (Wildman–Crippen MR) is 118 cm³/mol. The van der Waals surface area contributed by atoms with E-state index in [2.05, 4.69) is 26.9 Å². The first kappa shape index (κ1) is 20.5. The van der Waals surface area contributed by atoms with E-state index in [1.54, 1.807) is 11.3 Å². The van der Waals surface area contributed by atoms with Gasteiger partial charge in [-0.15, -0.1) is 0 Å². The van der Waals surface area contributed by atoms with Crippen molar-refractivity contribution in [3.8, 4) is 0 Å². The van der Waals surface area contributed by atoms with Crippen molar-refractivity contribution in [1.82, 2.24) is 20.1 Å². The SMILES string of the molecule is CCN1CCN(CCCNC(=O)c2ccc3nc(N4CCOCC4)sc3c2)CC1. The Morgan fingerprint density at radius 1 is 1.14 bits per heavy atom.